The number of hydrogen-bond donors (Lipinski definition) is 1. The van der Waals surface area contributed by atoms with Crippen molar-refractivity contribution in [2.45, 2.75) is 13.0 Å². The van der Waals surface area contributed by atoms with Crippen LogP contribution in [0.3, 0.4) is 0 Å². The average Bonchev–Trinajstić information content (AvgIpc) is 2.59. The van der Waals surface area contributed by atoms with Gasteiger partial charge < -0.3 is 9.84 Å². The Hall–Kier alpha value is -0.360. The molecule has 1 aromatic carbocycles. The molecule has 0 radical (unpaired) electrons. The van der Waals surface area contributed by atoms with Crippen LogP contribution in [0.2, 0.25) is 10.0 Å². The van der Waals surface area contributed by atoms with Crippen LogP contribution in [-0.2, 0) is 11.3 Å². The smallest absolute Gasteiger partial charge is 0.0637 e. The Kier molecular flexibility index (Phi) is 6.79. The summed E-state index contributed by atoms with van der Waals surface area (Å²) in [5.74, 6) is 0.912. The lowest BCUT2D eigenvalue weighted by Crippen LogP contribution is -2.47. The zero-order valence-electron chi connectivity index (χ0n) is 14.0. The van der Waals surface area contributed by atoms with Gasteiger partial charge in [-0.3, -0.25) is 9.80 Å². The number of rotatable bonds is 5. The summed E-state index contributed by atoms with van der Waals surface area (Å²) in [5.41, 5.74) is 1.06. The lowest BCUT2D eigenvalue weighted by Gasteiger charge is -2.40. The van der Waals surface area contributed by atoms with E-state index < -0.39 is 0 Å². The highest BCUT2D eigenvalue weighted by Crippen LogP contribution is 2.29. The number of likely N-dealkylation sites (tertiary alicyclic amines) is 1. The largest absolute Gasteiger partial charge is 0.396 e. The third kappa shape index (κ3) is 4.84. The first kappa shape index (κ1) is 18.4. The Labute approximate surface area is 154 Å². The third-order valence-corrected chi connectivity index (χ3v) is 5.86. The lowest BCUT2D eigenvalue weighted by molar-refractivity contribution is 0.0118. The zero-order chi connectivity index (χ0) is 16.9. The number of benzene rings is 1. The van der Waals surface area contributed by atoms with Crippen molar-refractivity contribution in [2.75, 3.05) is 52.5 Å². The van der Waals surface area contributed by atoms with Crippen LogP contribution < -0.4 is 0 Å². The van der Waals surface area contributed by atoms with Crippen molar-refractivity contribution in [3.63, 3.8) is 0 Å². The molecule has 2 aliphatic rings. The van der Waals surface area contributed by atoms with Crippen molar-refractivity contribution in [3.05, 3.63) is 33.8 Å². The van der Waals surface area contributed by atoms with Gasteiger partial charge in [0.1, 0.15) is 0 Å². The van der Waals surface area contributed by atoms with E-state index in [2.05, 4.69) is 9.80 Å². The summed E-state index contributed by atoms with van der Waals surface area (Å²) in [7, 11) is 0. The highest BCUT2D eigenvalue weighted by molar-refractivity contribution is 6.42. The molecule has 0 saturated carbocycles. The van der Waals surface area contributed by atoms with E-state index in [1.165, 1.54) is 0 Å². The fourth-order valence-electron chi connectivity index (χ4n) is 3.88. The molecule has 1 aromatic rings. The number of aliphatic hydroxyl groups is 1. The second kappa shape index (κ2) is 8.84. The Morgan fingerprint density at radius 3 is 2.58 bits per heavy atom. The number of hydrogen-bond acceptors (Lipinski definition) is 4. The van der Waals surface area contributed by atoms with Gasteiger partial charge in [-0.1, -0.05) is 35.3 Å². The molecule has 6 heteroatoms. The van der Waals surface area contributed by atoms with Gasteiger partial charge in [-0.15, -0.1) is 0 Å². The molecule has 2 heterocycles. The maximum Gasteiger partial charge on any atom is 0.0637 e. The van der Waals surface area contributed by atoms with E-state index in [0.29, 0.717) is 21.9 Å². The van der Waals surface area contributed by atoms with Crippen LogP contribution in [0.1, 0.15) is 12.0 Å². The number of piperidine rings is 1. The quantitative estimate of drug-likeness (QED) is 0.861. The molecule has 2 aliphatic heterocycles. The fourth-order valence-corrected chi connectivity index (χ4v) is 4.26. The standard InChI is InChI=1S/C18H26Cl2N2O2/c19-17-3-1-2-16(18(17)20)12-22-10-14(8-15(11-22)13-23)9-21-4-6-24-7-5-21/h1-3,14-15,23H,4-13H2. The van der Waals surface area contributed by atoms with Gasteiger partial charge in [0.05, 0.1) is 23.3 Å². The molecule has 134 valence electrons. The predicted molar refractivity (Wildman–Crippen MR) is 97.7 cm³/mol. The molecule has 1 N–H and O–H groups in total. The fraction of sp³-hybridized carbons (Fsp3) is 0.667. The molecule has 2 fully saturated rings. The summed E-state index contributed by atoms with van der Waals surface area (Å²) in [6.45, 7) is 7.76. The van der Waals surface area contributed by atoms with Crippen LogP contribution in [0, 0.1) is 11.8 Å². The first-order valence-electron chi connectivity index (χ1n) is 8.72. The van der Waals surface area contributed by atoms with Gasteiger partial charge in [-0.2, -0.15) is 0 Å². The van der Waals surface area contributed by atoms with Crippen LogP contribution in [0.25, 0.3) is 0 Å². The summed E-state index contributed by atoms with van der Waals surface area (Å²) in [5, 5.41) is 10.9. The summed E-state index contributed by atoms with van der Waals surface area (Å²) < 4.78 is 5.44. The Morgan fingerprint density at radius 1 is 1.08 bits per heavy atom. The molecular weight excluding hydrogens is 347 g/mol. The minimum absolute atomic E-state index is 0.249. The van der Waals surface area contributed by atoms with Gasteiger partial charge in [-0.05, 0) is 29.9 Å². The van der Waals surface area contributed by atoms with Gasteiger partial charge in [0.2, 0.25) is 0 Å². The Bertz CT molecular complexity index is 538. The van der Waals surface area contributed by atoms with Crippen molar-refractivity contribution < 1.29 is 9.84 Å². The van der Waals surface area contributed by atoms with Gasteiger partial charge in [0.25, 0.3) is 0 Å². The molecular formula is C18H26Cl2N2O2. The molecule has 2 unspecified atom stereocenters. The van der Waals surface area contributed by atoms with E-state index >= 15 is 0 Å². The topological polar surface area (TPSA) is 35.9 Å². The predicted octanol–water partition coefficient (Wildman–Crippen LogP) is 2.76. The number of halogens is 2. The lowest BCUT2D eigenvalue weighted by atomic mass is 9.89. The van der Waals surface area contributed by atoms with Gasteiger partial charge in [0, 0.05) is 45.9 Å². The van der Waals surface area contributed by atoms with Crippen molar-refractivity contribution in [1.82, 2.24) is 9.80 Å². The average molecular weight is 373 g/mol. The highest BCUT2D eigenvalue weighted by atomic mass is 35.5. The molecule has 3 rings (SSSR count). The number of nitrogens with zero attached hydrogens (tertiary/aromatic N) is 2. The monoisotopic (exact) mass is 372 g/mol. The maximum atomic E-state index is 9.69. The minimum atomic E-state index is 0.249. The van der Waals surface area contributed by atoms with Crippen LogP contribution >= 0.6 is 23.2 Å². The molecule has 0 aromatic heterocycles. The summed E-state index contributed by atoms with van der Waals surface area (Å²) in [4.78, 5) is 4.89. The van der Waals surface area contributed by atoms with E-state index in [-0.39, 0.29) is 6.61 Å². The normalized spacial score (nSPS) is 26.6. The summed E-state index contributed by atoms with van der Waals surface area (Å²) in [6.07, 6.45) is 1.09. The van der Waals surface area contributed by atoms with E-state index in [1.807, 2.05) is 18.2 Å². The highest BCUT2D eigenvalue weighted by Gasteiger charge is 2.29. The molecule has 2 saturated heterocycles. The van der Waals surface area contributed by atoms with Gasteiger partial charge in [-0.25, -0.2) is 0 Å². The SMILES string of the molecule is OCC1CC(CN2CCOCC2)CN(Cc2cccc(Cl)c2Cl)C1. The van der Waals surface area contributed by atoms with Gasteiger partial charge >= 0.3 is 0 Å². The number of aliphatic hydroxyl groups excluding tert-OH is 1. The molecule has 4 nitrogen and oxygen atoms in total. The van der Waals surface area contributed by atoms with Crippen molar-refractivity contribution in [3.8, 4) is 0 Å². The first-order chi connectivity index (χ1) is 11.7. The van der Waals surface area contributed by atoms with Crippen molar-refractivity contribution >= 4 is 23.2 Å². The second-order valence-corrected chi connectivity index (χ2v) is 7.76. The van der Waals surface area contributed by atoms with Crippen molar-refractivity contribution in [1.29, 1.82) is 0 Å². The van der Waals surface area contributed by atoms with E-state index in [4.69, 9.17) is 27.9 Å². The van der Waals surface area contributed by atoms with Crippen molar-refractivity contribution in [2.24, 2.45) is 11.8 Å². The zero-order valence-corrected chi connectivity index (χ0v) is 15.5. The number of ether oxygens (including phenoxy) is 1. The summed E-state index contributed by atoms with van der Waals surface area (Å²) in [6, 6.07) is 5.80. The Balaban J connectivity index is 1.62. The summed E-state index contributed by atoms with van der Waals surface area (Å²) >= 11 is 12.5. The molecule has 24 heavy (non-hydrogen) atoms. The Morgan fingerprint density at radius 2 is 1.83 bits per heavy atom. The van der Waals surface area contributed by atoms with Gasteiger partial charge in [0.15, 0.2) is 0 Å². The first-order valence-corrected chi connectivity index (χ1v) is 9.47. The van der Waals surface area contributed by atoms with E-state index in [1.54, 1.807) is 0 Å². The van der Waals surface area contributed by atoms with E-state index in [0.717, 1.165) is 64.5 Å². The maximum absolute atomic E-state index is 9.69. The number of morpholine rings is 1. The molecule has 2 atom stereocenters. The minimum Gasteiger partial charge on any atom is -0.396 e. The van der Waals surface area contributed by atoms with E-state index in [9.17, 15) is 5.11 Å². The molecule has 0 spiro atoms. The van der Waals surface area contributed by atoms with Crippen LogP contribution in [-0.4, -0.2) is 67.5 Å². The van der Waals surface area contributed by atoms with Crippen LogP contribution in [0.15, 0.2) is 18.2 Å². The third-order valence-electron chi connectivity index (χ3n) is 5.00. The molecule has 0 aliphatic carbocycles. The van der Waals surface area contributed by atoms with Crippen LogP contribution in [0.4, 0.5) is 0 Å². The molecule has 0 bridgehead atoms. The second-order valence-electron chi connectivity index (χ2n) is 6.97. The van der Waals surface area contributed by atoms with Crippen LogP contribution in [0.5, 0.6) is 0 Å². The molecule has 0 amide bonds.